The summed E-state index contributed by atoms with van der Waals surface area (Å²) in [7, 11) is 3.20. The van der Waals surface area contributed by atoms with Crippen molar-refractivity contribution in [2.45, 2.75) is 32.2 Å². The molecule has 2 aromatic rings. The fourth-order valence-electron chi connectivity index (χ4n) is 3.90. The lowest BCUT2D eigenvalue weighted by molar-refractivity contribution is -0.136. The van der Waals surface area contributed by atoms with E-state index >= 15 is 0 Å². The van der Waals surface area contributed by atoms with Gasteiger partial charge < -0.3 is 14.8 Å². The molecule has 1 saturated carbocycles. The van der Waals surface area contributed by atoms with Crippen molar-refractivity contribution in [1.82, 2.24) is 28.9 Å². The van der Waals surface area contributed by atoms with Gasteiger partial charge >= 0.3 is 5.69 Å². The topological polar surface area (TPSA) is 111 Å². The predicted octanol–water partition coefficient (Wildman–Crippen LogP) is -0.801. The van der Waals surface area contributed by atoms with Crippen LogP contribution in [0.4, 0.5) is 0 Å². The van der Waals surface area contributed by atoms with E-state index in [4.69, 9.17) is 0 Å². The summed E-state index contributed by atoms with van der Waals surface area (Å²) in [6.07, 6.45) is 5.26. The van der Waals surface area contributed by atoms with E-state index in [1.165, 1.54) is 30.8 Å². The fraction of sp³-hybridized carbons (Fsp3) is 0.632. The molecule has 0 bridgehead atoms. The second-order valence-corrected chi connectivity index (χ2v) is 8.13. The van der Waals surface area contributed by atoms with Gasteiger partial charge in [0.25, 0.3) is 5.56 Å². The summed E-state index contributed by atoms with van der Waals surface area (Å²) >= 11 is 0. The third-order valence-electron chi connectivity index (χ3n) is 5.90. The van der Waals surface area contributed by atoms with Gasteiger partial charge in [-0.05, 0) is 31.6 Å². The maximum absolute atomic E-state index is 12.9. The van der Waals surface area contributed by atoms with Crippen LogP contribution in [0.25, 0.3) is 11.2 Å². The Labute approximate surface area is 167 Å². The van der Waals surface area contributed by atoms with Crippen LogP contribution in [0, 0.1) is 11.8 Å². The van der Waals surface area contributed by atoms with E-state index in [1.54, 1.807) is 16.5 Å². The molecule has 1 aliphatic heterocycles. The number of hydrogen-bond donors (Lipinski definition) is 1. The third kappa shape index (κ3) is 3.70. The zero-order valence-corrected chi connectivity index (χ0v) is 16.8. The fourth-order valence-corrected chi connectivity index (χ4v) is 3.90. The number of carbonyl (C=O) groups is 2. The normalized spacial score (nSPS) is 19.5. The molecule has 1 aliphatic carbocycles. The van der Waals surface area contributed by atoms with Gasteiger partial charge in [0.05, 0.1) is 12.2 Å². The third-order valence-corrected chi connectivity index (χ3v) is 5.90. The van der Waals surface area contributed by atoms with Crippen molar-refractivity contribution in [3.05, 3.63) is 27.2 Å². The van der Waals surface area contributed by atoms with Gasteiger partial charge in [-0.3, -0.25) is 19.0 Å². The Balaban J connectivity index is 1.50. The molecule has 1 atom stereocenters. The molecule has 29 heavy (non-hydrogen) atoms. The lowest BCUT2D eigenvalue weighted by atomic mass is 9.97. The van der Waals surface area contributed by atoms with E-state index < -0.39 is 11.2 Å². The molecule has 10 heteroatoms. The van der Waals surface area contributed by atoms with Crippen molar-refractivity contribution in [1.29, 1.82) is 0 Å². The van der Waals surface area contributed by atoms with Crippen LogP contribution in [0.1, 0.15) is 25.7 Å². The Morgan fingerprint density at radius 2 is 1.97 bits per heavy atom. The van der Waals surface area contributed by atoms with Gasteiger partial charge in [-0.2, -0.15) is 0 Å². The quantitative estimate of drug-likeness (QED) is 0.704. The SMILES string of the molecule is Cn1cnc2c1c(=O)n(CC(=O)N1CCCC(C(=O)NCC3CC3)C1)c(=O)n2C. The number of nitrogens with one attached hydrogen (secondary N) is 1. The van der Waals surface area contributed by atoms with E-state index in [1.807, 2.05) is 0 Å². The highest BCUT2D eigenvalue weighted by Crippen LogP contribution is 2.28. The minimum absolute atomic E-state index is 0.0150. The van der Waals surface area contributed by atoms with Crippen LogP contribution in [0.15, 0.2) is 15.9 Å². The Hall–Kier alpha value is -2.91. The number of carbonyl (C=O) groups excluding carboxylic acids is 2. The summed E-state index contributed by atoms with van der Waals surface area (Å²) in [4.78, 5) is 56.3. The molecular weight excluding hydrogens is 376 g/mol. The average Bonchev–Trinajstić information content (AvgIpc) is 3.47. The number of fused-ring (bicyclic) bond motifs is 1. The van der Waals surface area contributed by atoms with Crippen LogP contribution in [0.2, 0.25) is 0 Å². The van der Waals surface area contributed by atoms with Gasteiger partial charge in [0.1, 0.15) is 6.54 Å². The maximum Gasteiger partial charge on any atom is 0.332 e. The van der Waals surface area contributed by atoms with Crippen molar-refractivity contribution < 1.29 is 9.59 Å². The number of aromatic nitrogens is 4. The van der Waals surface area contributed by atoms with Crippen LogP contribution >= 0.6 is 0 Å². The molecule has 2 amide bonds. The lowest BCUT2D eigenvalue weighted by Gasteiger charge is -2.32. The summed E-state index contributed by atoms with van der Waals surface area (Å²) < 4.78 is 3.76. The molecule has 0 radical (unpaired) electrons. The molecule has 1 unspecified atom stereocenters. The summed E-state index contributed by atoms with van der Waals surface area (Å²) in [6, 6.07) is 0. The summed E-state index contributed by atoms with van der Waals surface area (Å²) in [5.74, 6) is 0.0139. The van der Waals surface area contributed by atoms with E-state index in [-0.39, 0.29) is 35.4 Å². The van der Waals surface area contributed by atoms with E-state index in [9.17, 15) is 19.2 Å². The molecule has 0 spiro atoms. The van der Waals surface area contributed by atoms with Crippen LogP contribution in [0.5, 0.6) is 0 Å². The number of nitrogens with zero attached hydrogens (tertiary/aromatic N) is 5. The standard InChI is InChI=1S/C19H26N6O4/c1-22-11-21-16-15(22)18(28)25(19(29)23(16)2)10-14(26)24-7-3-4-13(9-24)17(27)20-8-12-5-6-12/h11-13H,3-10H2,1-2H3,(H,20,27). The minimum Gasteiger partial charge on any atom is -0.356 e. The van der Waals surface area contributed by atoms with Crippen molar-refractivity contribution in [3.63, 3.8) is 0 Å². The smallest absolute Gasteiger partial charge is 0.332 e. The molecular formula is C19H26N6O4. The Morgan fingerprint density at radius 3 is 2.69 bits per heavy atom. The van der Waals surface area contributed by atoms with Gasteiger partial charge in [0, 0.05) is 33.7 Å². The first-order chi connectivity index (χ1) is 13.9. The second kappa shape index (κ2) is 7.49. The Morgan fingerprint density at radius 1 is 1.21 bits per heavy atom. The molecule has 0 aromatic carbocycles. The Kier molecular flexibility index (Phi) is 5.01. The average molecular weight is 402 g/mol. The van der Waals surface area contributed by atoms with E-state index in [2.05, 4.69) is 10.3 Å². The first-order valence-electron chi connectivity index (χ1n) is 10.0. The number of rotatable bonds is 5. The van der Waals surface area contributed by atoms with E-state index in [0.29, 0.717) is 25.6 Å². The van der Waals surface area contributed by atoms with E-state index in [0.717, 1.165) is 17.4 Å². The van der Waals surface area contributed by atoms with Gasteiger partial charge in [-0.25, -0.2) is 14.3 Å². The summed E-state index contributed by atoms with van der Waals surface area (Å²) in [5.41, 5.74) is -0.551. The van der Waals surface area contributed by atoms with Gasteiger partial charge in [0.2, 0.25) is 11.8 Å². The van der Waals surface area contributed by atoms with Gasteiger partial charge in [-0.1, -0.05) is 0 Å². The molecule has 2 aromatic heterocycles. The first kappa shape index (κ1) is 19.4. The monoisotopic (exact) mass is 402 g/mol. The molecule has 2 fully saturated rings. The van der Waals surface area contributed by atoms with Crippen LogP contribution < -0.4 is 16.6 Å². The molecule has 1 saturated heterocycles. The van der Waals surface area contributed by atoms with Gasteiger partial charge in [0.15, 0.2) is 11.2 Å². The highest BCUT2D eigenvalue weighted by Gasteiger charge is 2.30. The van der Waals surface area contributed by atoms with Gasteiger partial charge in [-0.15, -0.1) is 0 Å². The minimum atomic E-state index is -0.578. The largest absolute Gasteiger partial charge is 0.356 e. The van der Waals surface area contributed by atoms with Crippen molar-refractivity contribution >= 4 is 23.0 Å². The highest BCUT2D eigenvalue weighted by molar-refractivity contribution is 5.81. The molecule has 10 nitrogen and oxygen atoms in total. The lowest BCUT2D eigenvalue weighted by Crippen LogP contribution is -2.49. The predicted molar refractivity (Wildman–Crippen MR) is 105 cm³/mol. The number of hydrogen-bond acceptors (Lipinski definition) is 5. The molecule has 2 aliphatic rings. The zero-order chi connectivity index (χ0) is 20.7. The molecule has 4 rings (SSSR count). The number of amides is 2. The maximum atomic E-state index is 12.9. The summed E-state index contributed by atoms with van der Waals surface area (Å²) in [6.45, 7) is 1.20. The Bertz CT molecular complexity index is 1080. The van der Waals surface area contributed by atoms with Crippen molar-refractivity contribution in [2.75, 3.05) is 19.6 Å². The van der Waals surface area contributed by atoms with Crippen LogP contribution in [-0.2, 0) is 30.2 Å². The molecule has 3 heterocycles. The number of imidazole rings is 1. The molecule has 156 valence electrons. The highest BCUT2D eigenvalue weighted by atomic mass is 16.2. The molecule has 1 N–H and O–H groups in total. The number of likely N-dealkylation sites (tertiary alicyclic amines) is 1. The van der Waals surface area contributed by atoms with Crippen molar-refractivity contribution in [3.8, 4) is 0 Å². The number of aryl methyl sites for hydroxylation is 2. The second-order valence-electron chi connectivity index (χ2n) is 8.13. The van der Waals surface area contributed by atoms with Crippen LogP contribution in [-0.4, -0.2) is 55.0 Å². The van der Waals surface area contributed by atoms with Crippen LogP contribution in [0.3, 0.4) is 0 Å². The van der Waals surface area contributed by atoms with Crippen molar-refractivity contribution in [2.24, 2.45) is 25.9 Å². The number of piperidine rings is 1. The summed E-state index contributed by atoms with van der Waals surface area (Å²) in [5, 5.41) is 2.98. The first-order valence-corrected chi connectivity index (χ1v) is 10.0. The zero-order valence-electron chi connectivity index (χ0n) is 16.8.